The van der Waals surface area contributed by atoms with Gasteiger partial charge in [-0.1, -0.05) is 12.6 Å². The molecule has 0 spiro atoms. The van der Waals surface area contributed by atoms with E-state index in [1.54, 1.807) is 17.8 Å². The number of benzene rings is 1. The van der Waals surface area contributed by atoms with Crippen molar-refractivity contribution in [3.63, 3.8) is 0 Å². The highest BCUT2D eigenvalue weighted by Crippen LogP contribution is 2.32. The molecule has 1 aliphatic heterocycles. The molecule has 0 saturated carbocycles. The van der Waals surface area contributed by atoms with Gasteiger partial charge in [-0.3, -0.25) is 9.58 Å². The average molecular weight is 505 g/mol. The molecular weight excluding hydrogens is 474 g/mol. The standard InChI is InChI=1S/C27H30F2N8/c1-16(2)26-19-12-18(13-20(28)25(19)34-36(26)5)24-21(29)14-30-27(33-24)32-23-7-6-17-15-37(11-10-35(3)4)9-8-22(17)31-23/h6-7,12-14H,1,8-11,15H2,2-5H3,(H,30,31,32,33). The Bertz CT molecular complexity index is 1490. The van der Waals surface area contributed by atoms with Crippen molar-refractivity contribution in [2.75, 3.05) is 39.0 Å². The van der Waals surface area contributed by atoms with E-state index < -0.39 is 11.6 Å². The van der Waals surface area contributed by atoms with Crippen molar-refractivity contribution in [1.82, 2.24) is 34.5 Å². The lowest BCUT2D eigenvalue weighted by molar-refractivity contribution is 0.224. The number of rotatable bonds is 7. The first-order chi connectivity index (χ1) is 17.7. The Kier molecular flexibility index (Phi) is 6.70. The second-order valence-corrected chi connectivity index (χ2v) is 9.75. The van der Waals surface area contributed by atoms with Crippen LogP contribution in [0.1, 0.15) is 23.9 Å². The summed E-state index contributed by atoms with van der Waals surface area (Å²) in [4.78, 5) is 17.8. The normalized spacial score (nSPS) is 13.8. The maximum absolute atomic E-state index is 14.9. The van der Waals surface area contributed by atoms with Crippen LogP contribution >= 0.6 is 0 Å². The van der Waals surface area contributed by atoms with Crippen LogP contribution < -0.4 is 5.32 Å². The second kappa shape index (κ2) is 9.95. The largest absolute Gasteiger partial charge is 0.309 e. The fourth-order valence-electron chi connectivity index (χ4n) is 4.72. The molecule has 4 aromatic rings. The van der Waals surface area contributed by atoms with Crippen molar-refractivity contribution >= 4 is 28.2 Å². The molecule has 0 unspecified atom stereocenters. The number of nitrogens with zero attached hydrogens (tertiary/aromatic N) is 7. The molecule has 1 N–H and O–H groups in total. The number of hydrogen-bond donors (Lipinski definition) is 1. The molecule has 0 aliphatic carbocycles. The second-order valence-electron chi connectivity index (χ2n) is 9.75. The first-order valence-electron chi connectivity index (χ1n) is 12.2. The fraction of sp³-hybridized carbons (Fsp3) is 0.333. The van der Waals surface area contributed by atoms with Gasteiger partial charge < -0.3 is 10.2 Å². The fourth-order valence-corrected chi connectivity index (χ4v) is 4.72. The summed E-state index contributed by atoms with van der Waals surface area (Å²) in [6.45, 7) is 9.62. The quantitative estimate of drug-likeness (QED) is 0.400. The highest BCUT2D eigenvalue weighted by atomic mass is 19.1. The topological polar surface area (TPSA) is 75.0 Å². The van der Waals surface area contributed by atoms with E-state index in [-0.39, 0.29) is 17.2 Å². The van der Waals surface area contributed by atoms with E-state index in [0.29, 0.717) is 22.5 Å². The minimum atomic E-state index is -0.652. The number of hydrogen-bond acceptors (Lipinski definition) is 7. The van der Waals surface area contributed by atoms with Gasteiger partial charge in [0.25, 0.3) is 0 Å². The van der Waals surface area contributed by atoms with Crippen LogP contribution in [0.4, 0.5) is 20.5 Å². The monoisotopic (exact) mass is 504 g/mol. The molecule has 192 valence electrons. The SMILES string of the molecule is C=C(C)c1c2cc(-c3nc(Nc4ccc5c(n4)CCN(CCN(C)C)C5)ncc3F)cc(F)c2nn1C. The Hall–Kier alpha value is -3.76. The van der Waals surface area contributed by atoms with Gasteiger partial charge in [-0.2, -0.15) is 5.10 Å². The number of likely N-dealkylation sites (N-methyl/N-ethyl adjacent to an activating group) is 1. The Balaban J connectivity index is 1.41. The number of allylic oxidation sites excluding steroid dienone is 1. The molecule has 0 amide bonds. The van der Waals surface area contributed by atoms with Crippen LogP contribution in [0.5, 0.6) is 0 Å². The third-order valence-electron chi connectivity index (χ3n) is 6.54. The van der Waals surface area contributed by atoms with Gasteiger partial charge >= 0.3 is 0 Å². The number of aromatic nitrogens is 5. The summed E-state index contributed by atoms with van der Waals surface area (Å²) in [6.07, 6.45) is 1.93. The molecule has 0 radical (unpaired) electrons. The molecule has 3 aromatic heterocycles. The minimum Gasteiger partial charge on any atom is -0.309 e. The molecular formula is C27H30F2N8. The predicted octanol–water partition coefficient (Wildman–Crippen LogP) is 4.40. The van der Waals surface area contributed by atoms with E-state index in [1.807, 2.05) is 13.0 Å². The molecule has 4 heterocycles. The van der Waals surface area contributed by atoms with E-state index in [9.17, 15) is 8.78 Å². The maximum Gasteiger partial charge on any atom is 0.229 e. The smallest absolute Gasteiger partial charge is 0.229 e. The van der Waals surface area contributed by atoms with Gasteiger partial charge in [0, 0.05) is 56.3 Å². The summed E-state index contributed by atoms with van der Waals surface area (Å²) in [5, 5.41) is 7.88. The van der Waals surface area contributed by atoms with Gasteiger partial charge in [0.05, 0.1) is 11.9 Å². The lowest BCUT2D eigenvalue weighted by Crippen LogP contribution is -2.36. The van der Waals surface area contributed by atoms with E-state index >= 15 is 0 Å². The predicted molar refractivity (Wildman–Crippen MR) is 141 cm³/mol. The first kappa shape index (κ1) is 24.9. The van der Waals surface area contributed by atoms with Crippen LogP contribution in [-0.2, 0) is 20.0 Å². The molecule has 1 aromatic carbocycles. The summed E-state index contributed by atoms with van der Waals surface area (Å²) >= 11 is 0. The number of anilines is 2. The Labute approximate surface area is 214 Å². The summed E-state index contributed by atoms with van der Waals surface area (Å²) < 4.78 is 31.3. The number of pyridine rings is 1. The van der Waals surface area contributed by atoms with E-state index in [1.165, 1.54) is 11.6 Å². The van der Waals surface area contributed by atoms with Gasteiger partial charge in [0.15, 0.2) is 11.6 Å². The van der Waals surface area contributed by atoms with Crippen LogP contribution in [-0.4, -0.2) is 68.3 Å². The zero-order chi connectivity index (χ0) is 26.3. The molecule has 1 aliphatic rings. The molecule has 0 bridgehead atoms. The van der Waals surface area contributed by atoms with E-state index in [0.717, 1.165) is 50.1 Å². The average Bonchev–Trinajstić information content (AvgIpc) is 3.20. The lowest BCUT2D eigenvalue weighted by Gasteiger charge is -2.29. The number of fused-ring (bicyclic) bond motifs is 2. The molecule has 37 heavy (non-hydrogen) atoms. The highest BCUT2D eigenvalue weighted by Gasteiger charge is 2.20. The molecule has 10 heteroatoms. The summed E-state index contributed by atoms with van der Waals surface area (Å²) in [6, 6.07) is 6.86. The Morgan fingerprint density at radius 2 is 1.97 bits per heavy atom. The van der Waals surface area contributed by atoms with Crippen molar-refractivity contribution in [1.29, 1.82) is 0 Å². The van der Waals surface area contributed by atoms with Crippen LogP contribution in [0, 0.1) is 11.6 Å². The highest BCUT2D eigenvalue weighted by molar-refractivity contribution is 5.93. The van der Waals surface area contributed by atoms with Crippen molar-refractivity contribution < 1.29 is 8.78 Å². The zero-order valence-electron chi connectivity index (χ0n) is 21.5. The summed E-state index contributed by atoms with van der Waals surface area (Å²) in [7, 11) is 5.88. The third kappa shape index (κ3) is 5.07. The molecule has 0 atom stereocenters. The van der Waals surface area contributed by atoms with Crippen molar-refractivity contribution in [2.45, 2.75) is 19.9 Å². The molecule has 0 saturated heterocycles. The van der Waals surface area contributed by atoms with E-state index in [4.69, 9.17) is 4.98 Å². The zero-order valence-corrected chi connectivity index (χ0v) is 21.5. The van der Waals surface area contributed by atoms with Crippen molar-refractivity contribution in [3.05, 3.63) is 65.6 Å². The Morgan fingerprint density at radius 3 is 2.73 bits per heavy atom. The summed E-state index contributed by atoms with van der Waals surface area (Å²) in [5.74, 6) is -0.448. The number of aryl methyl sites for hydroxylation is 1. The van der Waals surface area contributed by atoms with Gasteiger partial charge in [-0.05, 0) is 50.4 Å². The molecule has 5 rings (SSSR count). The van der Waals surface area contributed by atoms with Gasteiger partial charge in [-0.15, -0.1) is 0 Å². The number of nitrogens with one attached hydrogen (secondary N) is 1. The van der Waals surface area contributed by atoms with Crippen molar-refractivity contribution in [3.8, 4) is 11.3 Å². The summed E-state index contributed by atoms with van der Waals surface area (Å²) in [5.41, 5.74) is 4.13. The Morgan fingerprint density at radius 1 is 1.16 bits per heavy atom. The lowest BCUT2D eigenvalue weighted by atomic mass is 10.0. The maximum atomic E-state index is 14.9. The van der Waals surface area contributed by atoms with Crippen LogP contribution in [0.2, 0.25) is 0 Å². The van der Waals surface area contributed by atoms with Crippen LogP contribution in [0.3, 0.4) is 0 Å². The van der Waals surface area contributed by atoms with Crippen LogP contribution in [0.15, 0.2) is 37.0 Å². The van der Waals surface area contributed by atoms with Crippen molar-refractivity contribution in [2.24, 2.45) is 7.05 Å². The molecule has 8 nitrogen and oxygen atoms in total. The third-order valence-corrected chi connectivity index (χ3v) is 6.54. The van der Waals surface area contributed by atoms with Gasteiger partial charge in [0.1, 0.15) is 17.0 Å². The number of halogens is 2. The van der Waals surface area contributed by atoms with Gasteiger partial charge in [0.2, 0.25) is 5.95 Å². The first-order valence-corrected chi connectivity index (χ1v) is 12.2. The van der Waals surface area contributed by atoms with Gasteiger partial charge in [-0.25, -0.2) is 23.7 Å². The minimum absolute atomic E-state index is 0.00990. The van der Waals surface area contributed by atoms with Crippen LogP contribution in [0.25, 0.3) is 27.7 Å². The molecule has 0 fully saturated rings. The van der Waals surface area contributed by atoms with E-state index in [2.05, 4.69) is 56.9 Å².